The summed E-state index contributed by atoms with van der Waals surface area (Å²) >= 11 is 0. The number of aromatic amines is 1. The maximum absolute atomic E-state index is 13.2. The molecule has 2 heterocycles. The van der Waals surface area contributed by atoms with Crippen LogP contribution in [0.4, 0.5) is 21.9 Å². The van der Waals surface area contributed by atoms with E-state index in [-0.39, 0.29) is 6.03 Å². The minimum atomic E-state index is -0.254. The third kappa shape index (κ3) is 4.98. The Morgan fingerprint density at radius 3 is 2.53 bits per heavy atom. The SMILES string of the molecule is Cc1ccc(NC(=O)Nc2cc(-c3ccccc3-c3nn[nH]n3)ccc2N2CCC[C@@H]3CCCC[C@@H]32)cc1. The normalized spacial score (nSPS) is 19.0. The first-order valence-corrected chi connectivity index (χ1v) is 13.5. The summed E-state index contributed by atoms with van der Waals surface area (Å²) in [6, 6.07) is 22.5. The lowest BCUT2D eigenvalue weighted by Crippen LogP contribution is -2.47. The molecule has 38 heavy (non-hydrogen) atoms. The van der Waals surface area contributed by atoms with E-state index in [1.54, 1.807) is 0 Å². The van der Waals surface area contributed by atoms with Gasteiger partial charge in [-0.25, -0.2) is 4.79 Å². The molecule has 3 aromatic carbocycles. The van der Waals surface area contributed by atoms with Crippen molar-refractivity contribution in [2.24, 2.45) is 5.92 Å². The molecule has 2 amide bonds. The summed E-state index contributed by atoms with van der Waals surface area (Å²) in [7, 11) is 0. The van der Waals surface area contributed by atoms with Gasteiger partial charge >= 0.3 is 6.03 Å². The largest absolute Gasteiger partial charge is 0.367 e. The van der Waals surface area contributed by atoms with Gasteiger partial charge in [0.25, 0.3) is 0 Å². The van der Waals surface area contributed by atoms with E-state index >= 15 is 0 Å². The highest BCUT2D eigenvalue weighted by Gasteiger charge is 2.34. The van der Waals surface area contributed by atoms with E-state index < -0.39 is 0 Å². The number of piperidine rings is 1. The van der Waals surface area contributed by atoms with Crippen molar-refractivity contribution in [1.82, 2.24) is 20.6 Å². The summed E-state index contributed by atoms with van der Waals surface area (Å²) < 4.78 is 0. The molecule has 0 bridgehead atoms. The smallest absolute Gasteiger partial charge is 0.323 e. The number of hydrogen-bond donors (Lipinski definition) is 3. The molecule has 4 aromatic rings. The van der Waals surface area contributed by atoms with Gasteiger partial charge in [-0.15, -0.1) is 10.2 Å². The molecule has 8 heteroatoms. The van der Waals surface area contributed by atoms with Crippen LogP contribution in [0.15, 0.2) is 66.7 Å². The van der Waals surface area contributed by atoms with E-state index in [0.717, 1.165) is 51.8 Å². The fourth-order valence-corrected chi connectivity index (χ4v) is 6.11. The molecule has 1 aliphatic heterocycles. The molecule has 1 saturated heterocycles. The topological polar surface area (TPSA) is 98.8 Å². The van der Waals surface area contributed by atoms with Crippen molar-refractivity contribution < 1.29 is 4.79 Å². The van der Waals surface area contributed by atoms with E-state index in [4.69, 9.17) is 0 Å². The number of aryl methyl sites for hydroxylation is 1. The summed E-state index contributed by atoms with van der Waals surface area (Å²) in [5.41, 5.74) is 6.66. The van der Waals surface area contributed by atoms with Crippen molar-refractivity contribution in [3.63, 3.8) is 0 Å². The fourth-order valence-electron chi connectivity index (χ4n) is 6.11. The predicted octanol–water partition coefficient (Wildman–Crippen LogP) is 6.65. The monoisotopic (exact) mass is 507 g/mol. The minimum Gasteiger partial charge on any atom is -0.367 e. The highest BCUT2D eigenvalue weighted by Crippen LogP contribution is 2.42. The van der Waals surface area contributed by atoms with Gasteiger partial charge in [-0.2, -0.15) is 5.21 Å². The Kier molecular flexibility index (Phi) is 6.77. The summed E-state index contributed by atoms with van der Waals surface area (Å²) in [4.78, 5) is 15.8. The van der Waals surface area contributed by atoms with E-state index in [1.807, 2.05) is 49.4 Å². The minimum absolute atomic E-state index is 0.254. The van der Waals surface area contributed by atoms with Gasteiger partial charge in [-0.05, 0) is 79.1 Å². The molecule has 0 radical (unpaired) electrons. The van der Waals surface area contributed by atoms with E-state index in [9.17, 15) is 4.79 Å². The number of amides is 2. The standard InChI is InChI=1S/C30H33N7O/c1-20-12-15-23(16-13-20)31-30(38)32-26-19-22(24-9-3-4-10-25(24)29-33-35-36-34-29)14-17-28(26)37-18-6-8-21-7-2-5-11-27(21)37/h3-4,9-10,12-17,19,21,27H,2,5-8,11,18H2,1H3,(H2,31,32,38)(H,33,34,35,36)/t21-,27-/m0/s1. The molecule has 0 spiro atoms. The van der Waals surface area contributed by atoms with Gasteiger partial charge in [0, 0.05) is 23.8 Å². The van der Waals surface area contributed by atoms with Crippen LogP contribution in [0.2, 0.25) is 0 Å². The van der Waals surface area contributed by atoms with Gasteiger partial charge in [-0.1, -0.05) is 60.9 Å². The molecule has 2 aliphatic rings. The van der Waals surface area contributed by atoms with E-state index in [0.29, 0.717) is 11.9 Å². The summed E-state index contributed by atoms with van der Waals surface area (Å²) in [6.45, 7) is 3.04. The van der Waals surface area contributed by atoms with Gasteiger partial charge in [0.2, 0.25) is 5.82 Å². The third-order valence-electron chi connectivity index (χ3n) is 7.93. The van der Waals surface area contributed by atoms with Crippen LogP contribution < -0.4 is 15.5 Å². The van der Waals surface area contributed by atoms with Gasteiger partial charge < -0.3 is 15.5 Å². The van der Waals surface area contributed by atoms with Crippen LogP contribution in [-0.2, 0) is 0 Å². The van der Waals surface area contributed by atoms with Crippen molar-refractivity contribution in [2.45, 2.75) is 51.5 Å². The fraction of sp³-hybridized carbons (Fsp3) is 0.333. The number of H-pyrrole nitrogens is 1. The Bertz CT molecular complexity index is 1400. The van der Waals surface area contributed by atoms with Crippen molar-refractivity contribution in [1.29, 1.82) is 0 Å². The number of urea groups is 1. The van der Waals surface area contributed by atoms with Gasteiger partial charge in [0.1, 0.15) is 0 Å². The number of rotatable bonds is 5. The van der Waals surface area contributed by atoms with E-state index in [2.05, 4.69) is 60.4 Å². The van der Waals surface area contributed by atoms with Crippen LogP contribution in [0.25, 0.3) is 22.5 Å². The number of tetrazole rings is 1. The highest BCUT2D eigenvalue weighted by molar-refractivity contribution is 6.02. The molecule has 2 atom stereocenters. The first-order chi connectivity index (χ1) is 18.7. The highest BCUT2D eigenvalue weighted by atomic mass is 16.2. The van der Waals surface area contributed by atoms with Crippen molar-refractivity contribution in [2.75, 3.05) is 22.1 Å². The second kappa shape index (κ2) is 10.7. The molecule has 2 fully saturated rings. The molecule has 0 unspecified atom stereocenters. The zero-order valence-electron chi connectivity index (χ0n) is 21.7. The van der Waals surface area contributed by atoms with Crippen LogP contribution in [-0.4, -0.2) is 39.2 Å². The molecule has 1 saturated carbocycles. The average Bonchev–Trinajstić information content (AvgIpc) is 3.49. The van der Waals surface area contributed by atoms with Gasteiger partial charge in [-0.3, -0.25) is 0 Å². The Morgan fingerprint density at radius 2 is 1.71 bits per heavy atom. The lowest BCUT2D eigenvalue weighted by molar-refractivity contribution is 0.244. The maximum Gasteiger partial charge on any atom is 0.323 e. The molecule has 1 aromatic heterocycles. The maximum atomic E-state index is 13.2. The Balaban J connectivity index is 1.37. The first kappa shape index (κ1) is 24.2. The Labute approximate surface area is 222 Å². The van der Waals surface area contributed by atoms with Crippen LogP contribution in [0.3, 0.4) is 0 Å². The summed E-state index contributed by atoms with van der Waals surface area (Å²) in [5.74, 6) is 1.27. The van der Waals surface area contributed by atoms with Crippen molar-refractivity contribution >= 4 is 23.1 Å². The number of anilines is 3. The second-order valence-corrected chi connectivity index (χ2v) is 10.4. The molecule has 194 valence electrons. The van der Waals surface area contributed by atoms with Crippen LogP contribution in [0.5, 0.6) is 0 Å². The third-order valence-corrected chi connectivity index (χ3v) is 7.93. The van der Waals surface area contributed by atoms with Gasteiger partial charge in [0.15, 0.2) is 0 Å². The molecule has 3 N–H and O–H groups in total. The summed E-state index contributed by atoms with van der Waals surface area (Å²) in [5, 5.41) is 20.9. The quantitative estimate of drug-likeness (QED) is 0.281. The Hall–Kier alpha value is -4.20. The van der Waals surface area contributed by atoms with Gasteiger partial charge in [0.05, 0.1) is 11.4 Å². The number of fused-ring (bicyclic) bond motifs is 1. The molecule has 1 aliphatic carbocycles. The number of hydrogen-bond acceptors (Lipinski definition) is 5. The van der Waals surface area contributed by atoms with Crippen molar-refractivity contribution in [3.8, 4) is 22.5 Å². The zero-order chi connectivity index (χ0) is 25.9. The number of nitrogens with zero attached hydrogens (tertiary/aromatic N) is 4. The number of nitrogens with one attached hydrogen (secondary N) is 3. The lowest BCUT2D eigenvalue weighted by Gasteiger charge is -2.46. The molecule has 8 nitrogen and oxygen atoms in total. The lowest BCUT2D eigenvalue weighted by atomic mass is 9.78. The Morgan fingerprint density at radius 1 is 0.921 bits per heavy atom. The number of aromatic nitrogens is 4. The van der Waals surface area contributed by atoms with Crippen LogP contribution >= 0.6 is 0 Å². The van der Waals surface area contributed by atoms with Crippen LogP contribution in [0, 0.1) is 12.8 Å². The number of carbonyl (C=O) groups is 1. The molecule has 6 rings (SSSR count). The van der Waals surface area contributed by atoms with E-state index in [1.165, 1.54) is 38.5 Å². The first-order valence-electron chi connectivity index (χ1n) is 13.5. The predicted molar refractivity (Wildman–Crippen MR) is 151 cm³/mol. The number of carbonyl (C=O) groups excluding carboxylic acids is 1. The molecular weight excluding hydrogens is 474 g/mol. The molecular formula is C30H33N7O. The average molecular weight is 508 g/mol. The second-order valence-electron chi connectivity index (χ2n) is 10.4. The zero-order valence-corrected chi connectivity index (χ0v) is 21.7. The van der Waals surface area contributed by atoms with Crippen LogP contribution in [0.1, 0.15) is 44.1 Å². The summed E-state index contributed by atoms with van der Waals surface area (Å²) in [6.07, 6.45) is 7.58. The number of benzene rings is 3. The van der Waals surface area contributed by atoms with Crippen molar-refractivity contribution in [3.05, 3.63) is 72.3 Å².